The molecular weight excluding hydrogens is 332 g/mol. The predicted octanol–water partition coefficient (Wildman–Crippen LogP) is 3.09. The van der Waals surface area contributed by atoms with Gasteiger partial charge in [0.15, 0.2) is 8.68 Å². The Morgan fingerprint density at radius 2 is 2.05 bits per heavy atom. The van der Waals surface area contributed by atoms with Crippen LogP contribution in [0.15, 0.2) is 22.4 Å². The first kappa shape index (κ1) is 14.3. The van der Waals surface area contributed by atoms with Crippen LogP contribution in [0.5, 0.6) is 0 Å². The number of sulfonamides is 1. The van der Waals surface area contributed by atoms with Crippen molar-refractivity contribution in [3.05, 3.63) is 34.2 Å². The first-order valence-corrected chi connectivity index (χ1v) is 8.65. The third-order valence-electron chi connectivity index (χ3n) is 2.82. The van der Waals surface area contributed by atoms with Gasteiger partial charge in [0.1, 0.15) is 5.82 Å². The number of hydrogen-bond donors (Lipinski definition) is 2. The molecule has 0 fully saturated rings. The number of rotatable bonds is 3. The number of thiazole rings is 1. The Kier molecular flexibility index (Phi) is 3.39. The number of anilines is 1. The second kappa shape index (κ2) is 4.97. The molecule has 0 spiro atoms. The summed E-state index contributed by atoms with van der Waals surface area (Å²) in [5, 5.41) is 0. The van der Waals surface area contributed by atoms with E-state index in [0.717, 1.165) is 28.2 Å². The molecule has 0 saturated heterocycles. The zero-order valence-corrected chi connectivity index (χ0v) is 13.5. The van der Waals surface area contributed by atoms with Crippen molar-refractivity contribution in [2.24, 2.45) is 0 Å². The maximum absolute atomic E-state index is 12.4. The highest BCUT2D eigenvalue weighted by Crippen LogP contribution is 2.29. The summed E-state index contributed by atoms with van der Waals surface area (Å²) in [5.74, 6) is 0.773. The molecule has 0 amide bonds. The Balaban J connectivity index is 1.98. The lowest BCUT2D eigenvalue weighted by Gasteiger charge is -2.06. The minimum Gasteiger partial charge on any atom is -0.342 e. The van der Waals surface area contributed by atoms with Crippen LogP contribution in [-0.4, -0.2) is 23.4 Å². The van der Waals surface area contributed by atoms with E-state index < -0.39 is 10.0 Å². The van der Waals surface area contributed by atoms with Gasteiger partial charge in [0.25, 0.3) is 10.0 Å². The van der Waals surface area contributed by atoms with Gasteiger partial charge in [-0.25, -0.2) is 18.4 Å². The number of aromatic nitrogens is 3. The van der Waals surface area contributed by atoms with E-state index in [-0.39, 0.29) is 8.68 Å². The molecule has 2 N–H and O–H groups in total. The van der Waals surface area contributed by atoms with E-state index in [9.17, 15) is 8.42 Å². The smallest absolute Gasteiger partial charge is 0.273 e. The quantitative estimate of drug-likeness (QED) is 0.765. The van der Waals surface area contributed by atoms with Gasteiger partial charge in [-0.2, -0.15) is 0 Å². The third-order valence-corrected chi connectivity index (χ3v) is 6.08. The number of nitrogens with one attached hydrogen (secondary N) is 2. The lowest BCUT2D eigenvalue weighted by molar-refractivity contribution is 0.602. The highest BCUT2D eigenvalue weighted by Gasteiger charge is 2.21. The number of benzene rings is 1. The Morgan fingerprint density at radius 1 is 1.29 bits per heavy atom. The van der Waals surface area contributed by atoms with Gasteiger partial charge in [-0.15, -0.1) is 0 Å². The molecule has 0 aliphatic rings. The Labute approximate surface area is 130 Å². The SMILES string of the molecule is Cc1nc2ccc(NS(=O)(=O)c3sc(Cl)nc3C)cc2[nH]1. The average molecular weight is 343 g/mol. The van der Waals surface area contributed by atoms with Crippen LogP contribution in [0.4, 0.5) is 5.69 Å². The van der Waals surface area contributed by atoms with Crippen molar-refractivity contribution in [2.75, 3.05) is 4.72 Å². The summed E-state index contributed by atoms with van der Waals surface area (Å²) in [7, 11) is -3.70. The zero-order chi connectivity index (χ0) is 15.2. The molecule has 3 aromatic rings. The molecule has 2 aromatic heterocycles. The molecule has 2 heterocycles. The number of H-pyrrole nitrogens is 1. The maximum Gasteiger partial charge on any atom is 0.273 e. The van der Waals surface area contributed by atoms with Crippen molar-refractivity contribution >= 4 is 49.7 Å². The van der Waals surface area contributed by atoms with Crippen molar-refractivity contribution in [3.8, 4) is 0 Å². The van der Waals surface area contributed by atoms with Crippen molar-refractivity contribution in [1.82, 2.24) is 15.0 Å². The lowest BCUT2D eigenvalue weighted by atomic mass is 10.3. The molecule has 110 valence electrons. The van der Waals surface area contributed by atoms with Crippen LogP contribution in [0.3, 0.4) is 0 Å². The number of imidazole rings is 1. The largest absolute Gasteiger partial charge is 0.342 e. The van der Waals surface area contributed by atoms with Gasteiger partial charge < -0.3 is 4.98 Å². The van der Waals surface area contributed by atoms with E-state index in [1.165, 1.54) is 0 Å². The van der Waals surface area contributed by atoms with E-state index in [1.54, 1.807) is 25.1 Å². The highest BCUT2D eigenvalue weighted by atomic mass is 35.5. The van der Waals surface area contributed by atoms with E-state index in [1.807, 2.05) is 6.92 Å². The van der Waals surface area contributed by atoms with Crippen LogP contribution in [0.2, 0.25) is 4.47 Å². The van der Waals surface area contributed by atoms with Crippen molar-refractivity contribution in [3.63, 3.8) is 0 Å². The number of halogens is 1. The Morgan fingerprint density at radius 3 is 2.71 bits per heavy atom. The molecule has 0 bridgehead atoms. The topological polar surface area (TPSA) is 87.7 Å². The summed E-state index contributed by atoms with van der Waals surface area (Å²) < 4.78 is 27.6. The van der Waals surface area contributed by atoms with E-state index in [2.05, 4.69) is 19.7 Å². The average Bonchev–Trinajstić information content (AvgIpc) is 2.90. The van der Waals surface area contributed by atoms with Crippen LogP contribution in [0.1, 0.15) is 11.5 Å². The fourth-order valence-electron chi connectivity index (χ4n) is 2.00. The van der Waals surface area contributed by atoms with Gasteiger partial charge in [0.05, 0.1) is 22.4 Å². The van der Waals surface area contributed by atoms with E-state index >= 15 is 0 Å². The van der Waals surface area contributed by atoms with Crippen LogP contribution >= 0.6 is 22.9 Å². The van der Waals surface area contributed by atoms with Gasteiger partial charge >= 0.3 is 0 Å². The summed E-state index contributed by atoms with van der Waals surface area (Å²) in [4.78, 5) is 11.3. The molecule has 0 unspecified atom stereocenters. The standard InChI is InChI=1S/C12H11ClN4O2S2/c1-6-11(20-12(13)14-6)21(18,19)17-8-3-4-9-10(5-8)16-7(2)15-9/h3-5,17H,1-2H3,(H,15,16). The van der Waals surface area contributed by atoms with Crippen molar-refractivity contribution in [1.29, 1.82) is 0 Å². The molecule has 3 rings (SSSR count). The fourth-order valence-corrected chi connectivity index (χ4v) is 4.79. The maximum atomic E-state index is 12.4. The summed E-state index contributed by atoms with van der Waals surface area (Å²) in [6, 6.07) is 5.12. The molecule has 0 radical (unpaired) electrons. The molecule has 9 heteroatoms. The molecule has 0 aliphatic carbocycles. The van der Waals surface area contributed by atoms with E-state index in [4.69, 9.17) is 11.6 Å². The van der Waals surface area contributed by atoms with Gasteiger partial charge in [0.2, 0.25) is 0 Å². The van der Waals surface area contributed by atoms with E-state index in [0.29, 0.717) is 11.4 Å². The number of fused-ring (bicyclic) bond motifs is 1. The summed E-state index contributed by atoms with van der Waals surface area (Å²) in [6.45, 7) is 3.45. The minimum atomic E-state index is -3.70. The predicted molar refractivity (Wildman–Crippen MR) is 83.5 cm³/mol. The monoisotopic (exact) mass is 342 g/mol. The molecule has 0 atom stereocenters. The molecule has 0 saturated carbocycles. The number of aromatic amines is 1. The molecule has 21 heavy (non-hydrogen) atoms. The first-order chi connectivity index (χ1) is 9.85. The first-order valence-electron chi connectivity index (χ1n) is 5.97. The summed E-state index contributed by atoms with van der Waals surface area (Å²) in [5.41, 5.74) is 2.39. The molecule has 0 aliphatic heterocycles. The zero-order valence-electron chi connectivity index (χ0n) is 11.1. The number of hydrogen-bond acceptors (Lipinski definition) is 5. The lowest BCUT2D eigenvalue weighted by Crippen LogP contribution is -2.12. The van der Waals surface area contributed by atoms with Crippen molar-refractivity contribution in [2.45, 2.75) is 18.1 Å². The second-order valence-electron chi connectivity index (χ2n) is 4.50. The minimum absolute atomic E-state index is 0.119. The van der Waals surface area contributed by atoms with Crippen LogP contribution in [-0.2, 0) is 10.0 Å². The Hall–Kier alpha value is -1.64. The normalized spacial score (nSPS) is 12.0. The van der Waals surface area contributed by atoms with Gasteiger partial charge in [-0.1, -0.05) is 22.9 Å². The highest BCUT2D eigenvalue weighted by molar-refractivity contribution is 7.94. The number of nitrogens with zero attached hydrogens (tertiary/aromatic N) is 2. The Bertz CT molecular complexity index is 930. The van der Waals surface area contributed by atoms with Crippen LogP contribution in [0.25, 0.3) is 11.0 Å². The summed E-state index contributed by atoms with van der Waals surface area (Å²) in [6.07, 6.45) is 0. The number of aryl methyl sites for hydroxylation is 2. The van der Waals surface area contributed by atoms with Crippen LogP contribution in [0, 0.1) is 13.8 Å². The molecule has 1 aromatic carbocycles. The van der Waals surface area contributed by atoms with Gasteiger partial charge in [0, 0.05) is 0 Å². The second-order valence-corrected chi connectivity index (χ2v) is 7.96. The van der Waals surface area contributed by atoms with Gasteiger partial charge in [-0.05, 0) is 32.0 Å². The molecule has 6 nitrogen and oxygen atoms in total. The van der Waals surface area contributed by atoms with Gasteiger partial charge in [-0.3, -0.25) is 4.72 Å². The fraction of sp³-hybridized carbons (Fsp3) is 0.167. The third kappa shape index (κ3) is 2.74. The van der Waals surface area contributed by atoms with Crippen molar-refractivity contribution < 1.29 is 8.42 Å². The molecular formula is C12H11ClN4O2S2. The summed E-state index contributed by atoms with van der Waals surface area (Å²) >= 11 is 6.69. The van der Waals surface area contributed by atoms with Crippen LogP contribution < -0.4 is 4.72 Å².